The molecule has 0 spiro atoms. The zero-order valence-electron chi connectivity index (χ0n) is 11.2. The molecule has 0 radical (unpaired) electrons. The van der Waals surface area contributed by atoms with Crippen LogP contribution in [0.15, 0.2) is 24.3 Å². The highest BCUT2D eigenvalue weighted by Gasteiger charge is 2.11. The second kappa shape index (κ2) is 6.45. The van der Waals surface area contributed by atoms with Gasteiger partial charge in [0, 0.05) is 0 Å². The van der Waals surface area contributed by atoms with Crippen LogP contribution in [0.3, 0.4) is 0 Å². The van der Waals surface area contributed by atoms with Crippen LogP contribution in [0.2, 0.25) is 0 Å². The van der Waals surface area contributed by atoms with E-state index in [-0.39, 0.29) is 0 Å². The lowest BCUT2D eigenvalue weighted by molar-refractivity contribution is 0.171. The van der Waals surface area contributed by atoms with Gasteiger partial charge in [0.1, 0.15) is 13.2 Å². The Hall–Kier alpha value is -1.48. The van der Waals surface area contributed by atoms with Crippen molar-refractivity contribution >= 4 is 5.57 Å². The summed E-state index contributed by atoms with van der Waals surface area (Å²) >= 11 is 0. The van der Waals surface area contributed by atoms with Gasteiger partial charge in [-0.3, -0.25) is 0 Å². The SMILES string of the molecule is CCNCCC=C(C)c1ccc2c(c1)OCCO2. The minimum Gasteiger partial charge on any atom is -0.486 e. The van der Waals surface area contributed by atoms with Crippen molar-refractivity contribution in [3.05, 3.63) is 29.8 Å². The van der Waals surface area contributed by atoms with Crippen LogP contribution in [0.4, 0.5) is 0 Å². The molecule has 0 amide bonds. The standard InChI is InChI=1S/C15H21NO2/c1-3-16-8-4-5-12(2)13-6-7-14-15(11-13)18-10-9-17-14/h5-7,11,16H,3-4,8-10H2,1-2H3. The minimum atomic E-state index is 0.639. The molecule has 1 heterocycles. The zero-order chi connectivity index (χ0) is 12.8. The van der Waals surface area contributed by atoms with E-state index in [1.807, 2.05) is 6.07 Å². The molecule has 2 rings (SSSR count). The maximum atomic E-state index is 5.59. The minimum absolute atomic E-state index is 0.639. The van der Waals surface area contributed by atoms with E-state index in [0.717, 1.165) is 31.0 Å². The van der Waals surface area contributed by atoms with E-state index in [4.69, 9.17) is 9.47 Å². The summed E-state index contributed by atoms with van der Waals surface area (Å²) in [5.41, 5.74) is 2.49. The van der Waals surface area contributed by atoms with Crippen LogP contribution in [-0.2, 0) is 0 Å². The monoisotopic (exact) mass is 247 g/mol. The molecule has 1 aromatic carbocycles. The topological polar surface area (TPSA) is 30.5 Å². The molecule has 0 aliphatic carbocycles. The fraction of sp³-hybridized carbons (Fsp3) is 0.467. The number of rotatable bonds is 5. The lowest BCUT2D eigenvalue weighted by Gasteiger charge is -2.19. The highest BCUT2D eigenvalue weighted by Crippen LogP contribution is 2.32. The van der Waals surface area contributed by atoms with E-state index in [0.29, 0.717) is 13.2 Å². The fourth-order valence-electron chi connectivity index (χ4n) is 1.97. The normalized spacial score (nSPS) is 14.7. The summed E-state index contributed by atoms with van der Waals surface area (Å²) in [4.78, 5) is 0. The van der Waals surface area contributed by atoms with Crippen LogP contribution >= 0.6 is 0 Å². The number of nitrogens with one attached hydrogen (secondary N) is 1. The molecule has 0 unspecified atom stereocenters. The lowest BCUT2D eigenvalue weighted by atomic mass is 10.1. The molecule has 1 N–H and O–H groups in total. The molecule has 3 nitrogen and oxygen atoms in total. The number of ether oxygens (including phenoxy) is 2. The molecule has 0 atom stereocenters. The van der Waals surface area contributed by atoms with E-state index in [1.54, 1.807) is 0 Å². The Morgan fingerprint density at radius 1 is 1.28 bits per heavy atom. The van der Waals surface area contributed by atoms with Gasteiger partial charge in [0.25, 0.3) is 0 Å². The summed E-state index contributed by atoms with van der Waals surface area (Å²) in [6.07, 6.45) is 3.31. The van der Waals surface area contributed by atoms with Crippen molar-refractivity contribution in [3.8, 4) is 11.5 Å². The van der Waals surface area contributed by atoms with Crippen molar-refractivity contribution in [2.45, 2.75) is 20.3 Å². The Morgan fingerprint density at radius 2 is 2.06 bits per heavy atom. The van der Waals surface area contributed by atoms with Crippen LogP contribution in [0.1, 0.15) is 25.8 Å². The number of hydrogen-bond donors (Lipinski definition) is 1. The van der Waals surface area contributed by atoms with Gasteiger partial charge < -0.3 is 14.8 Å². The van der Waals surface area contributed by atoms with Gasteiger partial charge in [-0.05, 0) is 49.7 Å². The third kappa shape index (κ3) is 3.26. The number of benzene rings is 1. The third-order valence-corrected chi connectivity index (χ3v) is 3.02. The van der Waals surface area contributed by atoms with Gasteiger partial charge in [-0.15, -0.1) is 0 Å². The van der Waals surface area contributed by atoms with Crippen LogP contribution in [0.5, 0.6) is 11.5 Å². The molecule has 1 aliphatic heterocycles. The zero-order valence-corrected chi connectivity index (χ0v) is 11.2. The van der Waals surface area contributed by atoms with Gasteiger partial charge in [0.05, 0.1) is 0 Å². The molecule has 0 fully saturated rings. The number of fused-ring (bicyclic) bond motifs is 1. The van der Waals surface area contributed by atoms with Crippen molar-refractivity contribution in [3.63, 3.8) is 0 Å². The number of hydrogen-bond acceptors (Lipinski definition) is 3. The van der Waals surface area contributed by atoms with Crippen LogP contribution < -0.4 is 14.8 Å². The quantitative estimate of drug-likeness (QED) is 0.812. The molecule has 3 heteroatoms. The average Bonchev–Trinajstić information content (AvgIpc) is 2.43. The Balaban J connectivity index is 2.03. The first kappa shape index (κ1) is 13.0. The Kier molecular flexibility index (Phi) is 4.65. The second-order valence-electron chi connectivity index (χ2n) is 4.39. The first-order valence-corrected chi connectivity index (χ1v) is 6.58. The van der Waals surface area contributed by atoms with Gasteiger partial charge in [0.2, 0.25) is 0 Å². The third-order valence-electron chi connectivity index (χ3n) is 3.02. The molecular weight excluding hydrogens is 226 g/mol. The van der Waals surface area contributed by atoms with E-state index in [1.165, 1.54) is 11.1 Å². The van der Waals surface area contributed by atoms with Crippen molar-refractivity contribution in [2.75, 3.05) is 26.3 Å². The van der Waals surface area contributed by atoms with Crippen LogP contribution in [-0.4, -0.2) is 26.3 Å². The van der Waals surface area contributed by atoms with Crippen LogP contribution in [0.25, 0.3) is 5.57 Å². The molecular formula is C15H21NO2. The summed E-state index contributed by atoms with van der Waals surface area (Å²) in [6.45, 7) is 7.59. The van der Waals surface area contributed by atoms with Crippen molar-refractivity contribution < 1.29 is 9.47 Å². The molecule has 0 bridgehead atoms. The summed E-state index contributed by atoms with van der Waals surface area (Å²) in [5, 5.41) is 3.32. The van der Waals surface area contributed by atoms with Gasteiger partial charge in [0.15, 0.2) is 11.5 Å². The fourth-order valence-corrected chi connectivity index (χ4v) is 1.97. The predicted octanol–water partition coefficient (Wildman–Crippen LogP) is 2.86. The van der Waals surface area contributed by atoms with E-state index >= 15 is 0 Å². The van der Waals surface area contributed by atoms with Gasteiger partial charge in [-0.1, -0.05) is 19.1 Å². The summed E-state index contributed by atoms with van der Waals surface area (Å²) in [6, 6.07) is 6.14. The summed E-state index contributed by atoms with van der Waals surface area (Å²) < 4.78 is 11.1. The average molecular weight is 247 g/mol. The first-order valence-electron chi connectivity index (χ1n) is 6.58. The van der Waals surface area contributed by atoms with E-state index in [2.05, 4.69) is 37.4 Å². The van der Waals surface area contributed by atoms with Gasteiger partial charge in [-0.25, -0.2) is 0 Å². The molecule has 18 heavy (non-hydrogen) atoms. The maximum absolute atomic E-state index is 5.59. The largest absolute Gasteiger partial charge is 0.486 e. The summed E-state index contributed by atoms with van der Waals surface area (Å²) in [5.74, 6) is 1.71. The van der Waals surface area contributed by atoms with Crippen molar-refractivity contribution in [1.29, 1.82) is 0 Å². The Bertz CT molecular complexity index is 427. The first-order chi connectivity index (χ1) is 8.81. The van der Waals surface area contributed by atoms with Crippen molar-refractivity contribution in [2.24, 2.45) is 0 Å². The van der Waals surface area contributed by atoms with Gasteiger partial charge >= 0.3 is 0 Å². The van der Waals surface area contributed by atoms with E-state index < -0.39 is 0 Å². The lowest BCUT2D eigenvalue weighted by Crippen LogP contribution is -2.15. The second-order valence-corrected chi connectivity index (χ2v) is 4.39. The molecule has 98 valence electrons. The molecule has 1 aromatic rings. The molecule has 0 saturated carbocycles. The Morgan fingerprint density at radius 3 is 2.83 bits per heavy atom. The van der Waals surface area contributed by atoms with Gasteiger partial charge in [-0.2, -0.15) is 0 Å². The molecule has 0 aromatic heterocycles. The number of allylic oxidation sites excluding steroid dienone is 1. The molecule has 0 saturated heterocycles. The smallest absolute Gasteiger partial charge is 0.161 e. The van der Waals surface area contributed by atoms with Crippen molar-refractivity contribution in [1.82, 2.24) is 5.32 Å². The Labute approximate surface area is 109 Å². The highest BCUT2D eigenvalue weighted by molar-refractivity contribution is 5.66. The maximum Gasteiger partial charge on any atom is 0.161 e. The van der Waals surface area contributed by atoms with Crippen LogP contribution in [0, 0.1) is 0 Å². The summed E-state index contributed by atoms with van der Waals surface area (Å²) in [7, 11) is 0. The van der Waals surface area contributed by atoms with E-state index in [9.17, 15) is 0 Å². The predicted molar refractivity (Wildman–Crippen MR) is 74.2 cm³/mol. The molecule has 1 aliphatic rings. The highest BCUT2D eigenvalue weighted by atomic mass is 16.6.